The molecule has 0 fully saturated rings. The third-order valence-corrected chi connectivity index (χ3v) is 3.87. The molecule has 1 rings (SSSR count). The molecule has 2 atom stereocenters. The Bertz CT molecular complexity index is 411. The van der Waals surface area contributed by atoms with Crippen molar-refractivity contribution in [1.82, 2.24) is 4.98 Å². The number of hydrogen-bond acceptors (Lipinski definition) is 6. The minimum atomic E-state index is -0.394. The predicted molar refractivity (Wildman–Crippen MR) is 77.7 cm³/mol. The Morgan fingerprint density at radius 1 is 1.63 bits per heavy atom. The van der Waals surface area contributed by atoms with Crippen molar-refractivity contribution in [3.05, 3.63) is 23.9 Å². The first-order chi connectivity index (χ1) is 9.13. The van der Waals surface area contributed by atoms with E-state index in [1.165, 1.54) is 0 Å². The van der Waals surface area contributed by atoms with E-state index in [4.69, 9.17) is 4.74 Å². The zero-order valence-corrected chi connectivity index (χ0v) is 12.2. The summed E-state index contributed by atoms with van der Waals surface area (Å²) < 4.78 is 4.99. The standard InChI is InChI=1S/C13H20N2O3S/c1-4-18-13(17)10-6-5-7-14-12(10)15-9(2)11(8-16)19-3/h5-7,9,11,16H,4,8H2,1-3H3,(H,14,15). The molecule has 1 aromatic heterocycles. The van der Waals surface area contributed by atoms with Crippen molar-refractivity contribution in [1.29, 1.82) is 0 Å². The van der Waals surface area contributed by atoms with E-state index in [2.05, 4.69) is 10.3 Å². The van der Waals surface area contributed by atoms with E-state index in [0.29, 0.717) is 18.0 Å². The van der Waals surface area contributed by atoms with Gasteiger partial charge in [0.25, 0.3) is 0 Å². The minimum absolute atomic E-state index is 0.0110. The highest BCUT2D eigenvalue weighted by Crippen LogP contribution is 2.18. The number of aliphatic hydroxyl groups excluding tert-OH is 1. The van der Waals surface area contributed by atoms with Crippen molar-refractivity contribution in [3.63, 3.8) is 0 Å². The molecule has 5 nitrogen and oxygen atoms in total. The molecule has 0 bridgehead atoms. The number of thioether (sulfide) groups is 1. The summed E-state index contributed by atoms with van der Waals surface area (Å²) in [5.74, 6) is 0.0935. The molecule has 0 aliphatic heterocycles. The third-order valence-electron chi connectivity index (χ3n) is 2.71. The van der Waals surface area contributed by atoms with Crippen molar-refractivity contribution >= 4 is 23.5 Å². The van der Waals surface area contributed by atoms with Gasteiger partial charge in [0.15, 0.2) is 0 Å². The van der Waals surface area contributed by atoms with E-state index in [-0.39, 0.29) is 17.9 Å². The van der Waals surface area contributed by atoms with Crippen LogP contribution in [0.4, 0.5) is 5.82 Å². The number of carbonyl (C=O) groups is 1. The van der Waals surface area contributed by atoms with Crippen LogP contribution < -0.4 is 5.32 Å². The summed E-state index contributed by atoms with van der Waals surface area (Å²) in [5.41, 5.74) is 0.411. The minimum Gasteiger partial charge on any atom is -0.462 e. The van der Waals surface area contributed by atoms with Crippen molar-refractivity contribution in [2.45, 2.75) is 25.1 Å². The summed E-state index contributed by atoms with van der Waals surface area (Å²) in [6.07, 6.45) is 3.55. The molecule has 0 radical (unpaired) electrons. The fourth-order valence-corrected chi connectivity index (χ4v) is 2.26. The molecule has 2 N–H and O–H groups in total. The van der Waals surface area contributed by atoms with Crippen LogP contribution in [0.15, 0.2) is 18.3 Å². The first-order valence-electron chi connectivity index (χ1n) is 6.16. The highest BCUT2D eigenvalue weighted by Gasteiger charge is 2.19. The van der Waals surface area contributed by atoms with E-state index in [1.807, 2.05) is 13.2 Å². The lowest BCUT2D eigenvalue weighted by molar-refractivity contribution is 0.0527. The first-order valence-corrected chi connectivity index (χ1v) is 7.45. The van der Waals surface area contributed by atoms with E-state index >= 15 is 0 Å². The van der Waals surface area contributed by atoms with Gasteiger partial charge in [-0.15, -0.1) is 0 Å². The Kier molecular flexibility index (Phi) is 6.66. The second kappa shape index (κ2) is 8.01. The van der Waals surface area contributed by atoms with Gasteiger partial charge in [-0.2, -0.15) is 11.8 Å². The third kappa shape index (κ3) is 4.40. The zero-order chi connectivity index (χ0) is 14.3. The molecular formula is C13H20N2O3S. The van der Waals surface area contributed by atoms with Gasteiger partial charge in [-0.25, -0.2) is 9.78 Å². The summed E-state index contributed by atoms with van der Waals surface area (Å²) in [5, 5.41) is 12.5. The van der Waals surface area contributed by atoms with Crippen LogP contribution in [0.1, 0.15) is 24.2 Å². The normalized spacial score (nSPS) is 13.7. The Balaban J connectivity index is 2.86. The van der Waals surface area contributed by atoms with Gasteiger partial charge in [0.1, 0.15) is 11.4 Å². The molecule has 1 heterocycles. The molecule has 2 unspecified atom stereocenters. The molecule has 6 heteroatoms. The molecule has 0 aromatic carbocycles. The van der Waals surface area contributed by atoms with Gasteiger partial charge < -0.3 is 15.2 Å². The van der Waals surface area contributed by atoms with Crippen LogP contribution in [-0.2, 0) is 4.74 Å². The molecule has 0 amide bonds. The van der Waals surface area contributed by atoms with Gasteiger partial charge in [0.2, 0.25) is 0 Å². The Labute approximate surface area is 117 Å². The molecule has 106 valence electrons. The van der Waals surface area contributed by atoms with Gasteiger partial charge in [0, 0.05) is 17.5 Å². The number of nitrogens with one attached hydrogen (secondary N) is 1. The number of hydrogen-bond donors (Lipinski definition) is 2. The average Bonchev–Trinajstić information content (AvgIpc) is 2.41. The van der Waals surface area contributed by atoms with Crippen LogP contribution in [0.2, 0.25) is 0 Å². The second-order valence-electron chi connectivity index (χ2n) is 4.01. The van der Waals surface area contributed by atoms with E-state index in [9.17, 15) is 9.90 Å². The topological polar surface area (TPSA) is 71.5 Å². The lowest BCUT2D eigenvalue weighted by Gasteiger charge is -2.22. The Hall–Kier alpha value is -1.27. The fraction of sp³-hybridized carbons (Fsp3) is 0.538. The number of aliphatic hydroxyl groups is 1. The van der Waals surface area contributed by atoms with Gasteiger partial charge in [-0.3, -0.25) is 0 Å². The quantitative estimate of drug-likeness (QED) is 0.744. The zero-order valence-electron chi connectivity index (χ0n) is 11.4. The monoisotopic (exact) mass is 284 g/mol. The van der Waals surface area contributed by atoms with Crippen LogP contribution in [0.3, 0.4) is 0 Å². The summed E-state index contributed by atoms with van der Waals surface area (Å²) in [7, 11) is 0. The van der Waals surface area contributed by atoms with Crippen molar-refractivity contribution < 1.29 is 14.6 Å². The lowest BCUT2D eigenvalue weighted by Crippen LogP contribution is -2.32. The van der Waals surface area contributed by atoms with Gasteiger partial charge in [-0.1, -0.05) is 0 Å². The second-order valence-corrected chi connectivity index (χ2v) is 5.09. The molecule has 19 heavy (non-hydrogen) atoms. The van der Waals surface area contributed by atoms with Gasteiger partial charge in [0.05, 0.1) is 13.2 Å². The molecule has 1 aromatic rings. The van der Waals surface area contributed by atoms with Crippen molar-refractivity contribution in [2.24, 2.45) is 0 Å². The maximum atomic E-state index is 11.8. The number of aromatic nitrogens is 1. The highest BCUT2D eigenvalue weighted by atomic mass is 32.2. The molecule has 0 aliphatic rings. The van der Waals surface area contributed by atoms with Crippen LogP contribution in [0.25, 0.3) is 0 Å². The largest absolute Gasteiger partial charge is 0.462 e. The number of esters is 1. The predicted octanol–water partition coefficient (Wildman–Crippen LogP) is 1.78. The molecular weight excluding hydrogens is 264 g/mol. The number of carbonyl (C=O) groups excluding carboxylic acids is 1. The maximum absolute atomic E-state index is 11.8. The first kappa shape index (κ1) is 15.8. The van der Waals surface area contributed by atoms with Gasteiger partial charge >= 0.3 is 5.97 Å². The summed E-state index contributed by atoms with van der Waals surface area (Å²) in [4.78, 5) is 16.0. The number of nitrogens with zero attached hydrogens (tertiary/aromatic N) is 1. The summed E-state index contributed by atoms with van der Waals surface area (Å²) in [6.45, 7) is 4.10. The molecule has 0 saturated heterocycles. The number of ether oxygens (including phenoxy) is 1. The lowest BCUT2D eigenvalue weighted by atomic mass is 10.2. The smallest absolute Gasteiger partial charge is 0.341 e. The molecule has 0 aliphatic carbocycles. The van der Waals surface area contributed by atoms with Gasteiger partial charge in [-0.05, 0) is 32.2 Å². The van der Waals surface area contributed by atoms with Crippen LogP contribution in [0, 0.1) is 0 Å². The Morgan fingerprint density at radius 3 is 2.95 bits per heavy atom. The average molecular weight is 284 g/mol. The van der Waals surface area contributed by atoms with E-state index < -0.39 is 5.97 Å². The molecule has 0 saturated carbocycles. The van der Waals surface area contributed by atoms with Crippen LogP contribution in [0.5, 0.6) is 0 Å². The maximum Gasteiger partial charge on any atom is 0.341 e. The van der Waals surface area contributed by atoms with E-state index in [0.717, 1.165) is 0 Å². The van der Waals surface area contributed by atoms with Crippen molar-refractivity contribution in [2.75, 3.05) is 24.8 Å². The van der Waals surface area contributed by atoms with Crippen LogP contribution in [-0.4, -0.2) is 46.8 Å². The Morgan fingerprint density at radius 2 is 2.37 bits per heavy atom. The van der Waals surface area contributed by atoms with E-state index in [1.54, 1.807) is 37.0 Å². The highest BCUT2D eigenvalue weighted by molar-refractivity contribution is 7.99. The van der Waals surface area contributed by atoms with Crippen LogP contribution >= 0.6 is 11.8 Å². The number of rotatable bonds is 7. The summed E-state index contributed by atoms with van der Waals surface area (Å²) in [6, 6.07) is 3.36. The van der Waals surface area contributed by atoms with Crippen molar-refractivity contribution in [3.8, 4) is 0 Å². The summed E-state index contributed by atoms with van der Waals surface area (Å²) >= 11 is 1.57. The molecule has 0 spiro atoms. The number of anilines is 1. The SMILES string of the molecule is CCOC(=O)c1cccnc1NC(C)C(CO)SC. The fourth-order valence-electron chi connectivity index (χ4n) is 1.64. The number of pyridine rings is 1.